The van der Waals surface area contributed by atoms with Gasteiger partial charge in [0, 0.05) is 0 Å². The monoisotopic (exact) mass is 280 g/mol. The van der Waals surface area contributed by atoms with Gasteiger partial charge in [0.2, 0.25) is 0 Å². The molecule has 0 N–H and O–H groups in total. The quantitative estimate of drug-likeness (QED) is 0.625. The lowest BCUT2D eigenvalue weighted by Crippen LogP contribution is -2.14. The zero-order valence-corrected chi connectivity index (χ0v) is 11.7. The molecule has 0 aliphatic heterocycles. The van der Waals surface area contributed by atoms with Crippen LogP contribution in [0.4, 0.5) is 0 Å². The Kier molecular flexibility index (Phi) is 2.33. The number of carbonyl (C=O) groups is 2. The fraction of sp³-hybridized carbons (Fsp3) is 0.538. The van der Waals surface area contributed by atoms with Gasteiger partial charge in [-0.3, -0.25) is 9.59 Å². The Morgan fingerprint density at radius 1 is 1.16 bits per heavy atom. The standard InChI is InChI=1S/C13H13ClN2O3/c1-6-7(2)16-10(14)8(15-6)9(17)12-4-13(12,5-12)11(18)19-3/h4-5H2,1-3H3. The van der Waals surface area contributed by atoms with Gasteiger partial charge in [-0.25, -0.2) is 9.97 Å². The zero-order valence-electron chi connectivity index (χ0n) is 10.9. The number of Topliss-reactive ketones (excluding diaryl/α,β-unsaturated/α-hetero) is 1. The summed E-state index contributed by atoms with van der Waals surface area (Å²) in [5.41, 5.74) is 0.315. The topological polar surface area (TPSA) is 69.2 Å². The van der Waals surface area contributed by atoms with Crippen LogP contribution in [0.25, 0.3) is 0 Å². The number of aromatic nitrogens is 2. The van der Waals surface area contributed by atoms with E-state index in [-0.39, 0.29) is 22.6 Å². The molecule has 100 valence electrons. The van der Waals surface area contributed by atoms with E-state index in [1.54, 1.807) is 13.8 Å². The van der Waals surface area contributed by atoms with Crippen LogP contribution < -0.4 is 0 Å². The average Bonchev–Trinajstić information content (AvgIpc) is 3.18. The van der Waals surface area contributed by atoms with Crippen molar-refractivity contribution in [3.8, 4) is 0 Å². The fourth-order valence-electron chi connectivity index (χ4n) is 2.75. The van der Waals surface area contributed by atoms with Crippen LogP contribution in [0, 0.1) is 24.7 Å². The maximum Gasteiger partial charge on any atom is 0.312 e. The summed E-state index contributed by atoms with van der Waals surface area (Å²) < 4.78 is 4.74. The molecule has 2 aliphatic rings. The number of hydrogen-bond acceptors (Lipinski definition) is 5. The summed E-state index contributed by atoms with van der Waals surface area (Å²) in [4.78, 5) is 32.5. The SMILES string of the molecule is COC(=O)C12CC1(C(=O)c1nc(C)c(C)nc1Cl)C2. The number of ether oxygens (including phenoxy) is 1. The highest BCUT2D eigenvalue weighted by Gasteiger charge is 2.91. The van der Waals surface area contributed by atoms with Gasteiger partial charge in [0.15, 0.2) is 10.9 Å². The summed E-state index contributed by atoms with van der Waals surface area (Å²) in [5, 5.41) is 0.111. The number of carbonyl (C=O) groups excluding carboxylic acids is 2. The molecule has 0 spiro atoms. The second-order valence-electron chi connectivity index (χ2n) is 5.37. The van der Waals surface area contributed by atoms with Crippen molar-refractivity contribution < 1.29 is 14.3 Å². The van der Waals surface area contributed by atoms with Gasteiger partial charge in [-0.05, 0) is 26.7 Å². The number of fused-ring (bicyclic) bond motifs is 1. The molecule has 0 saturated heterocycles. The van der Waals surface area contributed by atoms with Crippen LogP contribution in [0.5, 0.6) is 0 Å². The minimum Gasteiger partial charge on any atom is -0.469 e. The summed E-state index contributed by atoms with van der Waals surface area (Å²) >= 11 is 6.00. The second-order valence-corrected chi connectivity index (χ2v) is 5.73. The smallest absolute Gasteiger partial charge is 0.312 e. The number of rotatable bonds is 3. The Morgan fingerprint density at radius 2 is 1.74 bits per heavy atom. The lowest BCUT2D eigenvalue weighted by atomic mass is 10.1. The minimum absolute atomic E-state index is 0.111. The third kappa shape index (κ3) is 1.42. The van der Waals surface area contributed by atoms with Crippen molar-refractivity contribution in [3.63, 3.8) is 0 Å². The van der Waals surface area contributed by atoms with E-state index in [9.17, 15) is 9.59 Å². The van der Waals surface area contributed by atoms with Crippen molar-refractivity contribution in [3.05, 3.63) is 22.2 Å². The molecule has 0 aromatic carbocycles. The number of halogens is 1. The van der Waals surface area contributed by atoms with Crippen LogP contribution in [0.3, 0.4) is 0 Å². The highest BCUT2D eigenvalue weighted by Crippen LogP contribution is 2.87. The molecule has 6 heteroatoms. The predicted molar refractivity (Wildman–Crippen MR) is 67.0 cm³/mol. The van der Waals surface area contributed by atoms with E-state index in [4.69, 9.17) is 16.3 Å². The van der Waals surface area contributed by atoms with Crippen LogP contribution in [0.15, 0.2) is 0 Å². The number of hydrogen-bond donors (Lipinski definition) is 0. The van der Waals surface area contributed by atoms with E-state index in [1.807, 2.05) is 0 Å². The Bertz CT molecular complexity index is 621. The lowest BCUT2D eigenvalue weighted by molar-refractivity contribution is -0.144. The van der Waals surface area contributed by atoms with Gasteiger partial charge in [-0.15, -0.1) is 0 Å². The molecule has 0 bridgehead atoms. The maximum atomic E-state index is 12.5. The van der Waals surface area contributed by atoms with E-state index < -0.39 is 10.8 Å². The molecular weight excluding hydrogens is 268 g/mol. The Labute approximate surface area is 115 Å². The highest BCUT2D eigenvalue weighted by atomic mass is 35.5. The van der Waals surface area contributed by atoms with Gasteiger partial charge < -0.3 is 4.74 Å². The number of aryl methyl sites for hydroxylation is 2. The van der Waals surface area contributed by atoms with Crippen LogP contribution in [0.1, 0.15) is 34.7 Å². The first-order valence-electron chi connectivity index (χ1n) is 6.02. The van der Waals surface area contributed by atoms with Crippen molar-refractivity contribution in [2.45, 2.75) is 26.7 Å². The van der Waals surface area contributed by atoms with E-state index >= 15 is 0 Å². The van der Waals surface area contributed by atoms with E-state index in [0.717, 1.165) is 0 Å². The summed E-state index contributed by atoms with van der Waals surface area (Å²) in [6.07, 6.45) is 1.08. The van der Waals surface area contributed by atoms with Gasteiger partial charge in [0.1, 0.15) is 5.69 Å². The van der Waals surface area contributed by atoms with Gasteiger partial charge >= 0.3 is 5.97 Å². The van der Waals surface area contributed by atoms with Crippen molar-refractivity contribution in [2.75, 3.05) is 7.11 Å². The molecule has 1 aromatic rings. The third-order valence-electron chi connectivity index (χ3n) is 4.36. The van der Waals surface area contributed by atoms with Crippen LogP contribution in [-0.2, 0) is 9.53 Å². The molecule has 0 amide bonds. The largest absolute Gasteiger partial charge is 0.469 e. The van der Waals surface area contributed by atoms with E-state index in [0.29, 0.717) is 24.2 Å². The summed E-state index contributed by atoms with van der Waals surface area (Å²) in [7, 11) is 1.34. The predicted octanol–water partition coefficient (Wildman–Crippen LogP) is 1.88. The molecule has 3 rings (SSSR count). The molecule has 19 heavy (non-hydrogen) atoms. The molecule has 2 aliphatic carbocycles. The lowest BCUT2D eigenvalue weighted by Gasteiger charge is -2.06. The molecule has 2 fully saturated rings. The number of ketones is 1. The molecule has 2 saturated carbocycles. The molecule has 5 nitrogen and oxygen atoms in total. The summed E-state index contributed by atoms with van der Waals surface area (Å²) in [6, 6.07) is 0. The van der Waals surface area contributed by atoms with Crippen molar-refractivity contribution in [2.24, 2.45) is 10.8 Å². The number of esters is 1. The second kappa shape index (κ2) is 3.54. The van der Waals surface area contributed by atoms with Gasteiger partial charge in [-0.1, -0.05) is 11.6 Å². The Morgan fingerprint density at radius 3 is 2.32 bits per heavy atom. The zero-order chi connectivity index (χ0) is 14.0. The van der Waals surface area contributed by atoms with Crippen LogP contribution in [-0.4, -0.2) is 28.8 Å². The highest BCUT2D eigenvalue weighted by molar-refractivity contribution is 6.33. The van der Waals surface area contributed by atoms with Crippen LogP contribution >= 0.6 is 11.6 Å². The fourth-order valence-corrected chi connectivity index (χ4v) is 3.00. The van der Waals surface area contributed by atoms with E-state index in [1.165, 1.54) is 7.11 Å². The minimum atomic E-state index is -0.625. The average molecular weight is 281 g/mol. The van der Waals surface area contributed by atoms with Crippen molar-refractivity contribution >= 4 is 23.4 Å². The van der Waals surface area contributed by atoms with Crippen molar-refractivity contribution in [1.82, 2.24) is 9.97 Å². The maximum absolute atomic E-state index is 12.5. The first-order chi connectivity index (χ1) is 8.88. The Balaban J connectivity index is 1.93. The molecule has 0 unspecified atom stereocenters. The first kappa shape index (κ1) is 12.5. The molecule has 1 aromatic heterocycles. The first-order valence-corrected chi connectivity index (χ1v) is 6.40. The molecule has 0 radical (unpaired) electrons. The molecule has 1 heterocycles. The third-order valence-corrected chi connectivity index (χ3v) is 4.63. The van der Waals surface area contributed by atoms with Crippen molar-refractivity contribution in [1.29, 1.82) is 0 Å². The number of methoxy groups -OCH3 is 1. The molecular formula is C13H13ClN2O3. The van der Waals surface area contributed by atoms with Crippen LogP contribution in [0.2, 0.25) is 5.15 Å². The summed E-state index contributed by atoms with van der Waals surface area (Å²) in [5.74, 6) is -0.493. The summed E-state index contributed by atoms with van der Waals surface area (Å²) in [6.45, 7) is 3.56. The normalized spacial score (nSPS) is 30.5. The van der Waals surface area contributed by atoms with Gasteiger partial charge in [0.05, 0.1) is 29.3 Å². The number of nitrogens with zero attached hydrogens (tertiary/aromatic N) is 2. The van der Waals surface area contributed by atoms with E-state index in [2.05, 4.69) is 9.97 Å². The van der Waals surface area contributed by atoms with Gasteiger partial charge in [0.25, 0.3) is 0 Å². The Hall–Kier alpha value is -1.49. The van der Waals surface area contributed by atoms with Gasteiger partial charge in [-0.2, -0.15) is 0 Å². The molecule has 0 atom stereocenters.